The zero-order chi connectivity index (χ0) is 15.5. The van der Waals surface area contributed by atoms with Crippen molar-refractivity contribution in [2.45, 2.75) is 38.6 Å². The normalized spacial score (nSPS) is 24.8. The average molecular weight is 294 g/mol. The van der Waals surface area contributed by atoms with Crippen molar-refractivity contribution in [3.05, 3.63) is 18.0 Å². The molecule has 2 unspecified atom stereocenters. The van der Waals surface area contributed by atoms with Crippen LogP contribution in [0.15, 0.2) is 12.3 Å². The molecule has 7 heteroatoms. The molecule has 1 heterocycles. The van der Waals surface area contributed by atoms with Crippen molar-refractivity contribution in [3.63, 3.8) is 0 Å². The Morgan fingerprint density at radius 3 is 2.95 bits per heavy atom. The summed E-state index contributed by atoms with van der Waals surface area (Å²) in [4.78, 5) is 23.2. The number of carboxylic acids is 1. The van der Waals surface area contributed by atoms with E-state index in [9.17, 15) is 14.7 Å². The average Bonchev–Trinajstić information content (AvgIpc) is 2.98. The minimum atomic E-state index is -0.862. The summed E-state index contributed by atoms with van der Waals surface area (Å²) in [7, 11) is 1.85. The third-order valence-electron chi connectivity index (χ3n) is 4.34. The van der Waals surface area contributed by atoms with Crippen LogP contribution in [0.25, 0.3) is 0 Å². The number of hydrogen-bond acceptors (Lipinski definition) is 3. The maximum Gasteiger partial charge on any atom is 0.315 e. The maximum atomic E-state index is 11.9. The van der Waals surface area contributed by atoms with Gasteiger partial charge in [0.25, 0.3) is 0 Å². The van der Waals surface area contributed by atoms with Crippen molar-refractivity contribution >= 4 is 12.0 Å². The highest BCUT2D eigenvalue weighted by Crippen LogP contribution is 2.38. The Morgan fingerprint density at radius 2 is 2.33 bits per heavy atom. The molecular weight excluding hydrogens is 272 g/mol. The number of nitrogens with zero attached hydrogens (tertiary/aromatic N) is 2. The molecule has 0 bridgehead atoms. The quantitative estimate of drug-likeness (QED) is 0.752. The molecule has 7 nitrogen and oxygen atoms in total. The molecule has 21 heavy (non-hydrogen) atoms. The molecule has 0 spiro atoms. The largest absolute Gasteiger partial charge is 0.481 e. The summed E-state index contributed by atoms with van der Waals surface area (Å²) in [6, 6.07) is 1.28. The molecule has 2 amide bonds. The van der Waals surface area contributed by atoms with Gasteiger partial charge in [0.1, 0.15) is 0 Å². The molecule has 1 aliphatic rings. The number of aryl methyl sites for hydroxylation is 1. The van der Waals surface area contributed by atoms with Crippen LogP contribution >= 0.6 is 0 Å². The van der Waals surface area contributed by atoms with Crippen LogP contribution < -0.4 is 10.6 Å². The summed E-state index contributed by atoms with van der Waals surface area (Å²) in [6.07, 6.45) is 4.53. The molecule has 0 radical (unpaired) electrons. The van der Waals surface area contributed by atoms with Gasteiger partial charge in [0, 0.05) is 37.9 Å². The van der Waals surface area contributed by atoms with E-state index >= 15 is 0 Å². The number of carbonyl (C=O) groups excluding carboxylic acids is 1. The third-order valence-corrected chi connectivity index (χ3v) is 4.34. The van der Waals surface area contributed by atoms with Crippen LogP contribution in [0.2, 0.25) is 0 Å². The highest BCUT2D eigenvalue weighted by molar-refractivity contribution is 5.79. The molecule has 0 saturated heterocycles. The lowest BCUT2D eigenvalue weighted by Gasteiger charge is -2.27. The molecule has 0 aliphatic heterocycles. The van der Waals surface area contributed by atoms with Gasteiger partial charge in [-0.1, -0.05) is 6.42 Å². The van der Waals surface area contributed by atoms with Crippen molar-refractivity contribution < 1.29 is 14.7 Å². The predicted octanol–water partition coefficient (Wildman–Crippen LogP) is 0.905. The van der Waals surface area contributed by atoms with Crippen molar-refractivity contribution in [2.24, 2.45) is 12.5 Å². The number of amides is 2. The highest BCUT2D eigenvalue weighted by atomic mass is 16.4. The summed E-state index contributed by atoms with van der Waals surface area (Å²) in [5.41, 5.74) is 0.172. The Bertz CT molecular complexity index is 528. The van der Waals surface area contributed by atoms with Gasteiger partial charge in [-0.3, -0.25) is 9.48 Å². The monoisotopic (exact) mass is 294 g/mol. The SMILES string of the molecule is Cn1nccc1CCNC(=O)NC1CCCC1(C)C(=O)O. The van der Waals surface area contributed by atoms with Crippen molar-refractivity contribution in [3.8, 4) is 0 Å². The summed E-state index contributed by atoms with van der Waals surface area (Å²) < 4.78 is 1.76. The van der Waals surface area contributed by atoms with Crippen LogP contribution in [0, 0.1) is 5.41 Å². The molecule has 1 aliphatic carbocycles. The lowest BCUT2D eigenvalue weighted by Crippen LogP contribution is -2.50. The number of rotatable bonds is 5. The van der Waals surface area contributed by atoms with Gasteiger partial charge in [-0.2, -0.15) is 5.10 Å². The summed E-state index contributed by atoms with van der Waals surface area (Å²) in [5.74, 6) is -0.847. The van der Waals surface area contributed by atoms with E-state index in [0.29, 0.717) is 25.8 Å². The van der Waals surface area contributed by atoms with Gasteiger partial charge in [0.15, 0.2) is 0 Å². The summed E-state index contributed by atoms with van der Waals surface area (Å²) >= 11 is 0. The highest BCUT2D eigenvalue weighted by Gasteiger charge is 2.45. The smallest absolute Gasteiger partial charge is 0.315 e. The Hall–Kier alpha value is -2.05. The number of aliphatic carboxylic acids is 1. The van der Waals surface area contributed by atoms with E-state index in [0.717, 1.165) is 12.1 Å². The van der Waals surface area contributed by atoms with Gasteiger partial charge < -0.3 is 15.7 Å². The lowest BCUT2D eigenvalue weighted by molar-refractivity contribution is -0.148. The van der Waals surface area contributed by atoms with Gasteiger partial charge in [-0.15, -0.1) is 0 Å². The second-order valence-electron chi connectivity index (χ2n) is 5.76. The Morgan fingerprint density at radius 1 is 1.57 bits per heavy atom. The van der Waals surface area contributed by atoms with Gasteiger partial charge in [0.2, 0.25) is 0 Å². The molecule has 3 N–H and O–H groups in total. The van der Waals surface area contributed by atoms with E-state index < -0.39 is 11.4 Å². The zero-order valence-corrected chi connectivity index (χ0v) is 12.4. The van der Waals surface area contributed by atoms with Crippen LogP contribution in [0.1, 0.15) is 31.9 Å². The van der Waals surface area contributed by atoms with Crippen LogP contribution in [-0.4, -0.2) is 39.5 Å². The molecule has 2 atom stereocenters. The number of hydrogen-bond donors (Lipinski definition) is 3. The van der Waals surface area contributed by atoms with E-state index in [4.69, 9.17) is 0 Å². The number of nitrogens with one attached hydrogen (secondary N) is 2. The second-order valence-corrected chi connectivity index (χ2v) is 5.76. The van der Waals surface area contributed by atoms with Crippen molar-refractivity contribution in [2.75, 3.05) is 6.54 Å². The minimum absolute atomic E-state index is 0.309. The van der Waals surface area contributed by atoms with Crippen molar-refractivity contribution in [1.82, 2.24) is 20.4 Å². The zero-order valence-electron chi connectivity index (χ0n) is 12.4. The second kappa shape index (κ2) is 6.15. The van der Waals surface area contributed by atoms with E-state index in [2.05, 4.69) is 15.7 Å². The van der Waals surface area contributed by atoms with Crippen LogP contribution in [0.5, 0.6) is 0 Å². The fourth-order valence-corrected chi connectivity index (χ4v) is 2.81. The number of carbonyl (C=O) groups is 2. The third kappa shape index (κ3) is 3.34. The Labute approximate surface area is 123 Å². The Kier molecular flexibility index (Phi) is 4.50. The fourth-order valence-electron chi connectivity index (χ4n) is 2.81. The van der Waals surface area contributed by atoms with E-state index in [-0.39, 0.29) is 12.1 Å². The van der Waals surface area contributed by atoms with Crippen LogP contribution in [0.3, 0.4) is 0 Å². The standard InChI is InChI=1S/C14H22N4O3/c1-14(12(19)20)7-3-4-11(14)17-13(21)15-8-5-10-6-9-16-18(10)2/h6,9,11H,3-5,7-8H2,1-2H3,(H,19,20)(H2,15,17,21). The molecule has 2 rings (SSSR count). The first-order valence-corrected chi connectivity index (χ1v) is 7.18. The molecule has 1 fully saturated rings. The Balaban J connectivity index is 1.79. The summed E-state index contributed by atoms with van der Waals surface area (Å²) in [6.45, 7) is 2.19. The predicted molar refractivity (Wildman–Crippen MR) is 76.8 cm³/mol. The molecule has 116 valence electrons. The van der Waals surface area contributed by atoms with Crippen molar-refractivity contribution in [1.29, 1.82) is 0 Å². The molecule has 1 saturated carbocycles. The van der Waals surface area contributed by atoms with E-state index in [1.165, 1.54) is 0 Å². The molecule has 1 aromatic heterocycles. The van der Waals surface area contributed by atoms with Crippen LogP contribution in [-0.2, 0) is 18.3 Å². The molecule has 1 aromatic rings. The first-order valence-electron chi connectivity index (χ1n) is 7.18. The van der Waals surface area contributed by atoms with Crippen LogP contribution in [0.4, 0.5) is 4.79 Å². The number of carboxylic acid groups (broad SMARTS) is 1. The lowest BCUT2D eigenvalue weighted by atomic mass is 9.85. The van der Waals surface area contributed by atoms with Gasteiger partial charge in [-0.05, 0) is 25.8 Å². The van der Waals surface area contributed by atoms with Gasteiger partial charge in [-0.25, -0.2) is 4.79 Å². The minimum Gasteiger partial charge on any atom is -0.481 e. The number of aromatic nitrogens is 2. The van der Waals surface area contributed by atoms with E-state index in [1.807, 2.05) is 13.1 Å². The molecular formula is C14H22N4O3. The van der Waals surface area contributed by atoms with E-state index in [1.54, 1.807) is 17.8 Å². The first kappa shape index (κ1) is 15.3. The maximum absolute atomic E-state index is 11.9. The van der Waals surface area contributed by atoms with Gasteiger partial charge in [0.05, 0.1) is 5.41 Å². The fraction of sp³-hybridized carbons (Fsp3) is 0.643. The molecule has 0 aromatic carbocycles. The summed E-state index contributed by atoms with van der Waals surface area (Å²) in [5, 5.41) is 18.9. The first-order chi connectivity index (χ1) is 9.93. The topological polar surface area (TPSA) is 96.3 Å². The number of urea groups is 1. The van der Waals surface area contributed by atoms with Gasteiger partial charge >= 0.3 is 12.0 Å².